The average Bonchev–Trinajstić information content (AvgIpc) is 3.06. The quantitative estimate of drug-likeness (QED) is 0.0945. The third-order valence-electron chi connectivity index (χ3n) is 9.50. The zero-order chi connectivity index (χ0) is 38.1. The topological polar surface area (TPSA) is 311 Å². The third kappa shape index (κ3) is 8.96. The van der Waals surface area contributed by atoms with Crippen LogP contribution in [-0.4, -0.2) is 189 Å². The molecule has 4 rings (SSSR count). The van der Waals surface area contributed by atoms with Crippen molar-refractivity contribution < 1.29 is 93.1 Å². The number of aliphatic carboxylic acids is 1. The molecule has 12 unspecified atom stereocenters. The van der Waals surface area contributed by atoms with E-state index in [2.05, 4.69) is 10.6 Å². The number of amides is 2. The molecule has 0 aromatic rings. The van der Waals surface area contributed by atoms with E-state index in [4.69, 9.17) is 37.9 Å². The summed E-state index contributed by atoms with van der Waals surface area (Å²) in [6.45, 7) is 6.19. The number of carboxylic acids is 1. The maximum atomic E-state index is 12.4. The molecule has 20 atom stereocenters. The molecular formula is C30H50N2O19. The Morgan fingerprint density at radius 1 is 0.608 bits per heavy atom. The highest BCUT2D eigenvalue weighted by molar-refractivity contribution is 5.74. The number of carboxylic acid groups (broad SMARTS) is 1. The number of hydrogen-bond donors (Lipinski definition) is 10. The predicted octanol–water partition coefficient (Wildman–Crippen LogP) is -5.38. The van der Waals surface area contributed by atoms with E-state index in [1.165, 1.54) is 27.9 Å². The maximum absolute atomic E-state index is 12.4. The number of aliphatic hydroxyl groups excluding tert-OH is 7. The van der Waals surface area contributed by atoms with E-state index in [9.17, 15) is 55.2 Å². The van der Waals surface area contributed by atoms with Gasteiger partial charge in [-0.2, -0.15) is 0 Å². The van der Waals surface area contributed by atoms with Crippen molar-refractivity contribution in [3.05, 3.63) is 0 Å². The second-order valence-electron chi connectivity index (χ2n) is 13.2. The Morgan fingerprint density at radius 3 is 1.75 bits per heavy atom. The summed E-state index contributed by atoms with van der Waals surface area (Å²) < 4.78 is 46.9. The van der Waals surface area contributed by atoms with Gasteiger partial charge in [0.2, 0.25) is 11.8 Å². The van der Waals surface area contributed by atoms with Gasteiger partial charge in [0, 0.05) is 26.9 Å². The van der Waals surface area contributed by atoms with Gasteiger partial charge in [0.1, 0.15) is 60.9 Å². The Labute approximate surface area is 292 Å². The summed E-state index contributed by atoms with van der Waals surface area (Å²) in [5.74, 6) is -3.68. The lowest BCUT2D eigenvalue weighted by atomic mass is 9.90. The summed E-state index contributed by atoms with van der Waals surface area (Å²) in [5.41, 5.74) is 0. The van der Waals surface area contributed by atoms with Gasteiger partial charge >= 0.3 is 5.97 Å². The van der Waals surface area contributed by atoms with Gasteiger partial charge in [-0.3, -0.25) is 9.59 Å². The molecule has 4 fully saturated rings. The van der Waals surface area contributed by atoms with Crippen LogP contribution >= 0.6 is 0 Å². The summed E-state index contributed by atoms with van der Waals surface area (Å²) in [7, 11) is 1.26. The summed E-state index contributed by atoms with van der Waals surface area (Å²) >= 11 is 0. The molecule has 294 valence electrons. The van der Waals surface area contributed by atoms with Gasteiger partial charge in [0.25, 0.3) is 0 Å². The van der Waals surface area contributed by atoms with Crippen molar-refractivity contribution >= 4 is 17.8 Å². The second kappa shape index (κ2) is 17.3. The molecule has 21 nitrogen and oxygen atoms in total. The molecule has 0 aromatic heterocycles. The molecular weight excluding hydrogens is 692 g/mol. The van der Waals surface area contributed by atoms with Crippen LogP contribution in [0.15, 0.2) is 0 Å². The zero-order valence-corrected chi connectivity index (χ0v) is 28.8. The number of carbonyl (C=O) groups excluding carboxylic acids is 2. The molecule has 4 saturated heterocycles. The Kier molecular flexibility index (Phi) is 14.1. The minimum Gasteiger partial charge on any atom is -0.479 e. The first-order valence-corrected chi connectivity index (χ1v) is 16.5. The molecule has 4 heterocycles. The van der Waals surface area contributed by atoms with Gasteiger partial charge in [0.05, 0.1) is 31.0 Å². The van der Waals surface area contributed by atoms with Crippen LogP contribution in [0.2, 0.25) is 0 Å². The first-order valence-electron chi connectivity index (χ1n) is 16.5. The SMILES string of the molecule is CO[C@@H]1OC(C)[C@@H](O[C@@H]2OC(CO)[C@@H](C)C(O)C2O)C(O[C@@H]2OC(C(=O)O)[C@@H](O)C(O)C2O[C@@H]2OC(C)[C@@H](O)C(O)C2NC(C)=O)C1NC(C)=O. The monoisotopic (exact) mass is 742 g/mol. The fourth-order valence-electron chi connectivity index (χ4n) is 6.62. The van der Waals surface area contributed by atoms with E-state index in [1.54, 1.807) is 6.92 Å². The van der Waals surface area contributed by atoms with Gasteiger partial charge in [-0.15, -0.1) is 0 Å². The number of hydrogen-bond acceptors (Lipinski definition) is 18. The van der Waals surface area contributed by atoms with Crippen LogP contribution in [0.5, 0.6) is 0 Å². The van der Waals surface area contributed by atoms with Crippen LogP contribution in [0.4, 0.5) is 0 Å². The molecule has 4 aliphatic heterocycles. The molecule has 2 amide bonds. The summed E-state index contributed by atoms with van der Waals surface area (Å²) in [6, 6.07) is -2.74. The van der Waals surface area contributed by atoms with Crippen LogP contribution < -0.4 is 10.6 Å². The molecule has 4 aliphatic rings. The second-order valence-corrected chi connectivity index (χ2v) is 13.2. The molecule has 21 heteroatoms. The minimum atomic E-state index is -2.12. The number of methoxy groups -OCH3 is 1. The van der Waals surface area contributed by atoms with Crippen molar-refractivity contribution in [2.45, 2.75) is 151 Å². The number of carbonyl (C=O) groups is 3. The van der Waals surface area contributed by atoms with Crippen molar-refractivity contribution in [2.75, 3.05) is 13.7 Å². The van der Waals surface area contributed by atoms with E-state index >= 15 is 0 Å². The van der Waals surface area contributed by atoms with E-state index in [1.807, 2.05) is 0 Å². The number of ether oxygens (including phenoxy) is 8. The summed E-state index contributed by atoms with van der Waals surface area (Å²) in [5, 5.41) is 89.5. The number of aliphatic hydroxyl groups is 7. The lowest BCUT2D eigenvalue weighted by Gasteiger charge is -2.50. The van der Waals surface area contributed by atoms with E-state index < -0.39 is 147 Å². The van der Waals surface area contributed by atoms with Gasteiger partial charge in [-0.1, -0.05) is 6.92 Å². The van der Waals surface area contributed by atoms with E-state index in [0.29, 0.717) is 0 Å². The van der Waals surface area contributed by atoms with Gasteiger partial charge < -0.3 is 89.4 Å². The Morgan fingerprint density at radius 2 is 1.18 bits per heavy atom. The van der Waals surface area contributed by atoms with Crippen LogP contribution in [0.3, 0.4) is 0 Å². The minimum absolute atomic E-state index is 0.541. The van der Waals surface area contributed by atoms with Crippen LogP contribution in [0.25, 0.3) is 0 Å². The molecule has 10 N–H and O–H groups in total. The highest BCUT2D eigenvalue weighted by Crippen LogP contribution is 2.36. The van der Waals surface area contributed by atoms with Crippen LogP contribution in [-0.2, 0) is 52.3 Å². The fraction of sp³-hybridized carbons (Fsp3) is 0.900. The van der Waals surface area contributed by atoms with Crippen molar-refractivity contribution in [2.24, 2.45) is 5.92 Å². The molecule has 0 radical (unpaired) electrons. The predicted molar refractivity (Wildman–Crippen MR) is 163 cm³/mol. The number of nitrogens with one attached hydrogen (secondary N) is 2. The van der Waals surface area contributed by atoms with Crippen molar-refractivity contribution in [1.82, 2.24) is 10.6 Å². The molecule has 0 saturated carbocycles. The van der Waals surface area contributed by atoms with Crippen LogP contribution in [0, 0.1) is 5.92 Å². The molecule has 0 bridgehead atoms. The molecule has 0 aliphatic carbocycles. The van der Waals surface area contributed by atoms with Gasteiger partial charge in [-0.05, 0) is 13.8 Å². The molecule has 0 aromatic carbocycles. The Hall–Kier alpha value is -2.19. The fourth-order valence-corrected chi connectivity index (χ4v) is 6.62. The van der Waals surface area contributed by atoms with E-state index in [-0.39, 0.29) is 0 Å². The lowest BCUT2D eigenvalue weighted by molar-refractivity contribution is -0.381. The molecule has 51 heavy (non-hydrogen) atoms. The van der Waals surface area contributed by atoms with Gasteiger partial charge in [0.15, 0.2) is 31.3 Å². The Balaban J connectivity index is 1.74. The number of rotatable bonds is 11. The normalized spacial score (nSPS) is 47.7. The summed E-state index contributed by atoms with van der Waals surface area (Å²) in [6.07, 6.45) is -26.8. The highest BCUT2D eigenvalue weighted by atomic mass is 16.8. The average molecular weight is 743 g/mol. The summed E-state index contributed by atoms with van der Waals surface area (Å²) in [4.78, 5) is 36.6. The first kappa shape index (κ1) is 41.6. The Bertz CT molecular complexity index is 1200. The standard InChI is InChI=1S/C30H50N2O19/c1-8-13(7-33)47-29(21(41)16(8)36)48-22-10(3)46-27(44-6)15(32-12(5)35)23(22)49-30-25(20(40)19(39)24(50-30)26(42)43)51-28-14(31-11(4)34)18(38)17(37)9(2)45-28/h8-10,13-25,27-30,33,36-41H,7H2,1-6H3,(H,31,34)(H,32,35)(H,42,43)/t8-,9?,10?,13?,14?,15?,16?,17-,18?,19+,20?,21?,22-,23?,24?,25?,27-,28+,29+,30-/m1/s1. The lowest BCUT2D eigenvalue weighted by Crippen LogP contribution is -2.70. The smallest absolute Gasteiger partial charge is 0.335 e. The largest absolute Gasteiger partial charge is 0.479 e. The maximum Gasteiger partial charge on any atom is 0.335 e. The van der Waals surface area contributed by atoms with E-state index in [0.717, 1.165) is 6.92 Å². The van der Waals surface area contributed by atoms with Crippen LogP contribution in [0.1, 0.15) is 34.6 Å². The zero-order valence-electron chi connectivity index (χ0n) is 28.8. The third-order valence-corrected chi connectivity index (χ3v) is 9.50. The van der Waals surface area contributed by atoms with Crippen molar-refractivity contribution in [3.8, 4) is 0 Å². The van der Waals surface area contributed by atoms with Gasteiger partial charge in [-0.25, -0.2) is 4.79 Å². The first-order chi connectivity index (χ1) is 23.9. The van der Waals surface area contributed by atoms with Crippen molar-refractivity contribution in [3.63, 3.8) is 0 Å². The molecule has 0 spiro atoms. The van der Waals surface area contributed by atoms with Crippen molar-refractivity contribution in [1.29, 1.82) is 0 Å². The highest BCUT2D eigenvalue weighted by Gasteiger charge is 2.57.